The summed E-state index contributed by atoms with van der Waals surface area (Å²) in [6, 6.07) is 15.9. The fraction of sp³-hybridized carbons (Fsp3) is 0.333. The van der Waals surface area contributed by atoms with Gasteiger partial charge in [-0.1, -0.05) is 18.2 Å². The van der Waals surface area contributed by atoms with Gasteiger partial charge < -0.3 is 14.7 Å². The molecular formula is C21H22FN3O2. The zero-order chi connectivity index (χ0) is 18.8. The van der Waals surface area contributed by atoms with Gasteiger partial charge in [0.15, 0.2) is 0 Å². The summed E-state index contributed by atoms with van der Waals surface area (Å²) in [6.07, 6.45) is 0.270. The Labute approximate surface area is 158 Å². The fourth-order valence-corrected chi connectivity index (χ4v) is 3.83. The first kappa shape index (κ1) is 17.5. The molecule has 0 unspecified atom stereocenters. The molecule has 5 nitrogen and oxygen atoms in total. The minimum Gasteiger partial charge on any atom is -0.368 e. The van der Waals surface area contributed by atoms with Crippen molar-refractivity contribution in [3.05, 3.63) is 60.4 Å². The van der Waals surface area contributed by atoms with Gasteiger partial charge in [0.25, 0.3) is 0 Å². The highest BCUT2D eigenvalue weighted by atomic mass is 19.1. The molecule has 4 rings (SSSR count). The molecule has 1 atom stereocenters. The number of anilines is 2. The largest absolute Gasteiger partial charge is 0.368 e. The van der Waals surface area contributed by atoms with E-state index in [1.807, 2.05) is 35.2 Å². The molecular weight excluding hydrogens is 345 g/mol. The van der Waals surface area contributed by atoms with Crippen LogP contribution in [0.2, 0.25) is 0 Å². The maximum absolute atomic E-state index is 13.1. The number of piperazine rings is 1. The first-order valence-corrected chi connectivity index (χ1v) is 9.26. The Kier molecular flexibility index (Phi) is 4.79. The van der Waals surface area contributed by atoms with Crippen molar-refractivity contribution in [2.75, 3.05) is 42.5 Å². The van der Waals surface area contributed by atoms with Gasteiger partial charge in [-0.15, -0.1) is 0 Å². The Balaban J connectivity index is 1.36. The maximum Gasteiger partial charge on any atom is 0.228 e. The SMILES string of the molecule is O=C([C@H]1CC(=O)N(c2ccccc2)C1)N1CCN(c2ccc(F)cc2)CC1. The molecule has 0 radical (unpaired) electrons. The highest BCUT2D eigenvalue weighted by Gasteiger charge is 2.37. The van der Waals surface area contributed by atoms with Crippen molar-refractivity contribution >= 4 is 23.2 Å². The van der Waals surface area contributed by atoms with E-state index in [2.05, 4.69) is 4.90 Å². The number of halogens is 1. The molecule has 0 bridgehead atoms. The highest BCUT2D eigenvalue weighted by molar-refractivity contribution is 6.00. The van der Waals surface area contributed by atoms with Crippen LogP contribution in [0.1, 0.15) is 6.42 Å². The Hall–Kier alpha value is -2.89. The van der Waals surface area contributed by atoms with Crippen LogP contribution in [-0.2, 0) is 9.59 Å². The van der Waals surface area contributed by atoms with Gasteiger partial charge >= 0.3 is 0 Å². The van der Waals surface area contributed by atoms with Crippen molar-refractivity contribution in [1.29, 1.82) is 0 Å². The molecule has 2 saturated heterocycles. The van der Waals surface area contributed by atoms with E-state index in [9.17, 15) is 14.0 Å². The van der Waals surface area contributed by atoms with E-state index in [0.29, 0.717) is 32.7 Å². The summed E-state index contributed by atoms with van der Waals surface area (Å²) in [6.45, 7) is 3.10. The van der Waals surface area contributed by atoms with Gasteiger partial charge in [-0.25, -0.2) is 4.39 Å². The van der Waals surface area contributed by atoms with E-state index in [-0.39, 0.29) is 30.0 Å². The fourth-order valence-electron chi connectivity index (χ4n) is 3.83. The molecule has 6 heteroatoms. The van der Waals surface area contributed by atoms with Crippen LogP contribution in [0.4, 0.5) is 15.8 Å². The first-order chi connectivity index (χ1) is 13.1. The zero-order valence-corrected chi connectivity index (χ0v) is 15.1. The molecule has 27 heavy (non-hydrogen) atoms. The van der Waals surface area contributed by atoms with Gasteiger partial charge in [0.05, 0.1) is 5.92 Å². The average Bonchev–Trinajstić information content (AvgIpc) is 3.10. The van der Waals surface area contributed by atoms with Gasteiger partial charge in [-0.05, 0) is 36.4 Å². The van der Waals surface area contributed by atoms with E-state index in [0.717, 1.165) is 11.4 Å². The summed E-state index contributed by atoms with van der Waals surface area (Å²) in [5.41, 5.74) is 1.81. The standard InChI is InChI=1S/C21H22FN3O2/c22-17-6-8-18(9-7-17)23-10-12-24(13-11-23)21(27)16-14-20(26)25(15-16)19-4-2-1-3-5-19/h1-9,16H,10-15H2/t16-/m0/s1. The minimum atomic E-state index is -0.282. The summed E-state index contributed by atoms with van der Waals surface area (Å²) < 4.78 is 13.1. The van der Waals surface area contributed by atoms with Crippen molar-refractivity contribution in [3.8, 4) is 0 Å². The van der Waals surface area contributed by atoms with E-state index in [1.165, 1.54) is 12.1 Å². The maximum atomic E-state index is 13.1. The van der Waals surface area contributed by atoms with Gasteiger partial charge in [0.1, 0.15) is 5.82 Å². The van der Waals surface area contributed by atoms with Crippen molar-refractivity contribution < 1.29 is 14.0 Å². The van der Waals surface area contributed by atoms with Crippen LogP contribution >= 0.6 is 0 Å². The molecule has 0 spiro atoms. The van der Waals surface area contributed by atoms with E-state index in [1.54, 1.807) is 17.0 Å². The molecule has 2 fully saturated rings. The van der Waals surface area contributed by atoms with E-state index in [4.69, 9.17) is 0 Å². The van der Waals surface area contributed by atoms with E-state index < -0.39 is 0 Å². The van der Waals surface area contributed by atoms with Gasteiger partial charge in [0, 0.05) is 50.5 Å². The second-order valence-corrected chi connectivity index (χ2v) is 7.03. The molecule has 140 valence electrons. The van der Waals surface area contributed by atoms with Gasteiger partial charge in [0.2, 0.25) is 11.8 Å². The summed E-state index contributed by atoms with van der Waals surface area (Å²) in [5, 5.41) is 0. The summed E-state index contributed by atoms with van der Waals surface area (Å²) in [7, 11) is 0. The number of carbonyl (C=O) groups is 2. The Morgan fingerprint density at radius 2 is 1.56 bits per heavy atom. The van der Waals surface area contributed by atoms with Crippen LogP contribution in [0.25, 0.3) is 0 Å². The monoisotopic (exact) mass is 367 g/mol. The molecule has 2 aromatic carbocycles. The second-order valence-electron chi connectivity index (χ2n) is 7.03. The molecule has 0 aliphatic carbocycles. The number of para-hydroxylation sites is 1. The number of hydrogen-bond acceptors (Lipinski definition) is 3. The normalized spacial score (nSPS) is 20.3. The first-order valence-electron chi connectivity index (χ1n) is 9.26. The van der Waals surface area contributed by atoms with Crippen LogP contribution in [0, 0.1) is 11.7 Å². The third kappa shape index (κ3) is 3.65. The van der Waals surface area contributed by atoms with Gasteiger partial charge in [-0.2, -0.15) is 0 Å². The molecule has 0 aromatic heterocycles. The predicted molar refractivity (Wildman–Crippen MR) is 102 cm³/mol. The second kappa shape index (κ2) is 7.39. The molecule has 2 amide bonds. The third-order valence-corrected chi connectivity index (χ3v) is 5.33. The van der Waals surface area contributed by atoms with Crippen LogP contribution in [0.5, 0.6) is 0 Å². The molecule has 2 aliphatic rings. The molecule has 0 N–H and O–H groups in total. The van der Waals surface area contributed by atoms with Crippen LogP contribution in [-0.4, -0.2) is 49.4 Å². The van der Waals surface area contributed by atoms with Crippen LogP contribution in [0.3, 0.4) is 0 Å². The highest BCUT2D eigenvalue weighted by Crippen LogP contribution is 2.27. The smallest absolute Gasteiger partial charge is 0.228 e. The topological polar surface area (TPSA) is 43.9 Å². The third-order valence-electron chi connectivity index (χ3n) is 5.33. The predicted octanol–water partition coefficient (Wildman–Crippen LogP) is 2.53. The summed E-state index contributed by atoms with van der Waals surface area (Å²) in [5.74, 6) is -0.471. The zero-order valence-electron chi connectivity index (χ0n) is 15.1. The Morgan fingerprint density at radius 1 is 0.889 bits per heavy atom. The molecule has 0 saturated carbocycles. The van der Waals surface area contributed by atoms with Gasteiger partial charge in [-0.3, -0.25) is 9.59 Å². The summed E-state index contributed by atoms with van der Waals surface area (Å²) >= 11 is 0. The molecule has 2 aromatic rings. The van der Waals surface area contributed by atoms with E-state index >= 15 is 0 Å². The van der Waals surface area contributed by atoms with Crippen molar-refractivity contribution in [3.63, 3.8) is 0 Å². The number of amides is 2. The van der Waals surface area contributed by atoms with Crippen molar-refractivity contribution in [1.82, 2.24) is 4.90 Å². The van der Waals surface area contributed by atoms with Crippen molar-refractivity contribution in [2.45, 2.75) is 6.42 Å². The lowest BCUT2D eigenvalue weighted by atomic mass is 10.1. The number of nitrogens with zero attached hydrogens (tertiary/aromatic N) is 3. The lowest BCUT2D eigenvalue weighted by Gasteiger charge is -2.37. The molecule has 2 aliphatic heterocycles. The quantitative estimate of drug-likeness (QED) is 0.837. The van der Waals surface area contributed by atoms with Crippen LogP contribution in [0.15, 0.2) is 54.6 Å². The number of rotatable bonds is 3. The Bertz CT molecular complexity index is 817. The number of carbonyl (C=O) groups excluding carboxylic acids is 2. The number of hydrogen-bond donors (Lipinski definition) is 0. The van der Waals surface area contributed by atoms with Crippen molar-refractivity contribution in [2.24, 2.45) is 5.92 Å². The lowest BCUT2D eigenvalue weighted by molar-refractivity contribution is -0.136. The lowest BCUT2D eigenvalue weighted by Crippen LogP contribution is -2.50. The molecule has 2 heterocycles. The summed E-state index contributed by atoms with van der Waals surface area (Å²) in [4.78, 5) is 31.0. The van der Waals surface area contributed by atoms with Crippen LogP contribution < -0.4 is 9.80 Å². The number of benzene rings is 2. The average molecular weight is 367 g/mol. The Morgan fingerprint density at radius 3 is 2.22 bits per heavy atom. The minimum absolute atomic E-state index is 0.00416.